The largest absolute Gasteiger partial charge is 0.525 e. The summed E-state index contributed by atoms with van der Waals surface area (Å²) in [6, 6.07) is 0. The monoisotopic (exact) mass is 1030 g/mol. The van der Waals surface area contributed by atoms with E-state index in [0.717, 1.165) is 6.42 Å². The SMILES string of the molecule is CC1C(=O)N(O)C(=O)C1C.CC1C(=O)N(OS(=O)(=O)C(F)(F)F)C(=O)C1C.CC1C(=O)N(OS(=O)(=O)CC23CCC(CC2O)C3(C)C)C(=O)C1C.CC1C(=O)NC(=O)C1C.CC1C(=O)OC(=O)C1C. The van der Waals surface area contributed by atoms with E-state index in [1.54, 1.807) is 55.4 Å². The molecule has 0 aromatic rings. The summed E-state index contributed by atoms with van der Waals surface area (Å²) in [7, 11) is -10.2. The number of rotatable bonds is 6. The first kappa shape index (κ1) is 58.5. The average Bonchev–Trinajstić information content (AvgIpc) is 3.94. The van der Waals surface area contributed by atoms with Gasteiger partial charge in [0.15, 0.2) is 0 Å². The van der Waals surface area contributed by atoms with Gasteiger partial charge in [0.05, 0.1) is 23.7 Å². The molecule has 0 aromatic heterocycles. The summed E-state index contributed by atoms with van der Waals surface area (Å²) in [5.41, 5.74) is -6.81. The van der Waals surface area contributed by atoms with E-state index >= 15 is 0 Å². The molecule has 69 heavy (non-hydrogen) atoms. The predicted octanol–water partition coefficient (Wildman–Crippen LogP) is 1.76. The number of carbonyl (C=O) groups excluding carboxylic acids is 10. The molecule has 13 unspecified atom stereocenters. The van der Waals surface area contributed by atoms with Gasteiger partial charge in [0, 0.05) is 52.8 Å². The summed E-state index contributed by atoms with van der Waals surface area (Å²) in [4.78, 5) is 111. The molecule has 0 aromatic carbocycles. The van der Waals surface area contributed by atoms with Gasteiger partial charge in [-0.3, -0.25) is 58.5 Å². The molecule has 2 saturated carbocycles. The van der Waals surface area contributed by atoms with Crippen LogP contribution in [0.1, 0.15) is 102 Å². The average molecular weight is 1030 g/mol. The van der Waals surface area contributed by atoms with Crippen molar-refractivity contribution in [1.82, 2.24) is 20.5 Å². The molecular formula is C41H59F3N4O19S2. The van der Waals surface area contributed by atoms with Crippen molar-refractivity contribution in [2.75, 3.05) is 5.75 Å². The van der Waals surface area contributed by atoms with Crippen molar-refractivity contribution >= 4 is 79.4 Å². The first-order chi connectivity index (χ1) is 31.2. The second kappa shape index (κ2) is 20.9. The molecule has 7 fully saturated rings. The maximum atomic E-state index is 12.6. The molecule has 13 atom stereocenters. The van der Waals surface area contributed by atoms with Crippen LogP contribution in [-0.4, -0.2) is 119 Å². The molecule has 390 valence electrons. The van der Waals surface area contributed by atoms with E-state index in [0.29, 0.717) is 17.9 Å². The third-order valence-electron chi connectivity index (χ3n) is 14.8. The van der Waals surface area contributed by atoms with Crippen molar-refractivity contribution in [3.63, 3.8) is 0 Å². The van der Waals surface area contributed by atoms with E-state index < -0.39 is 108 Å². The molecule has 0 radical (unpaired) electrons. The number of hydrogen-bond acceptors (Lipinski definition) is 19. The van der Waals surface area contributed by atoms with Gasteiger partial charge in [-0.1, -0.05) is 83.1 Å². The van der Waals surface area contributed by atoms with Gasteiger partial charge in [0.2, 0.25) is 11.8 Å². The molecule has 7 aliphatic rings. The Kier molecular flexibility index (Phi) is 17.7. The van der Waals surface area contributed by atoms with Crippen LogP contribution in [0.5, 0.6) is 0 Å². The van der Waals surface area contributed by atoms with Crippen molar-refractivity contribution < 1.29 is 102 Å². The number of hydrogen-bond donors (Lipinski definition) is 3. The van der Waals surface area contributed by atoms with Crippen LogP contribution in [0.15, 0.2) is 0 Å². The highest BCUT2D eigenvalue weighted by molar-refractivity contribution is 7.87. The smallest absolute Gasteiger partial charge is 0.393 e. The van der Waals surface area contributed by atoms with Crippen LogP contribution in [-0.2, 0) is 81.5 Å². The fourth-order valence-electron chi connectivity index (χ4n) is 8.35. The summed E-state index contributed by atoms with van der Waals surface area (Å²) in [5, 5.41) is 21.7. The summed E-state index contributed by atoms with van der Waals surface area (Å²) in [6.07, 6.45) is 1.34. The summed E-state index contributed by atoms with van der Waals surface area (Å²) in [5.74, 6) is -10.3. The van der Waals surface area contributed by atoms with Gasteiger partial charge >= 0.3 is 27.6 Å². The highest BCUT2D eigenvalue weighted by Gasteiger charge is 2.65. The highest BCUT2D eigenvalue weighted by atomic mass is 32.2. The minimum Gasteiger partial charge on any atom is -0.393 e. The molecule has 23 nitrogen and oxygen atoms in total. The lowest BCUT2D eigenvalue weighted by Crippen LogP contribution is -2.46. The van der Waals surface area contributed by atoms with Crippen molar-refractivity contribution in [1.29, 1.82) is 0 Å². The number of hydroxylamine groups is 6. The van der Waals surface area contributed by atoms with Gasteiger partial charge in [-0.05, 0) is 30.6 Å². The van der Waals surface area contributed by atoms with Crippen LogP contribution in [0.25, 0.3) is 0 Å². The molecular weight excluding hydrogens is 974 g/mol. The fraction of sp³-hybridized carbons (Fsp3) is 0.756. The Hall–Kier alpha value is -4.77. The maximum absolute atomic E-state index is 12.6. The van der Waals surface area contributed by atoms with Crippen LogP contribution in [0, 0.1) is 75.9 Å². The van der Waals surface area contributed by atoms with Crippen molar-refractivity contribution in [2.24, 2.45) is 75.9 Å². The first-order valence-corrected chi connectivity index (χ1v) is 24.7. The van der Waals surface area contributed by atoms with Crippen LogP contribution in [0.3, 0.4) is 0 Å². The number of carbonyl (C=O) groups is 10. The van der Waals surface area contributed by atoms with Gasteiger partial charge in [-0.25, -0.2) is 0 Å². The zero-order chi connectivity index (χ0) is 53.6. The van der Waals surface area contributed by atoms with E-state index in [2.05, 4.69) is 14.3 Å². The lowest BCUT2D eigenvalue weighted by atomic mass is 9.70. The second-order valence-corrected chi connectivity index (χ2v) is 22.1. The minimum absolute atomic E-state index is 0.141. The van der Waals surface area contributed by atoms with Gasteiger partial charge in [0.1, 0.15) is 0 Å². The summed E-state index contributed by atoms with van der Waals surface area (Å²) in [6.45, 7) is 19.8. The van der Waals surface area contributed by atoms with Gasteiger partial charge in [-0.15, -0.1) is 18.7 Å². The number of nitrogens with zero attached hydrogens (tertiary/aromatic N) is 3. The lowest BCUT2D eigenvalue weighted by Gasteiger charge is -2.39. The van der Waals surface area contributed by atoms with Crippen LogP contribution in [0.4, 0.5) is 13.2 Å². The van der Waals surface area contributed by atoms with E-state index in [-0.39, 0.29) is 74.5 Å². The number of aliphatic hydroxyl groups is 1. The molecule has 8 amide bonds. The number of aliphatic hydroxyl groups excluding tert-OH is 1. The Bertz CT molecular complexity index is 2230. The zero-order valence-corrected chi connectivity index (χ0v) is 41.5. The zero-order valence-electron chi connectivity index (χ0n) is 39.9. The molecule has 2 bridgehead atoms. The topological polar surface area (TPSA) is 329 Å². The molecule has 5 heterocycles. The molecule has 0 spiro atoms. The molecule has 3 N–H and O–H groups in total. The molecule has 5 saturated heterocycles. The van der Waals surface area contributed by atoms with E-state index in [1.807, 2.05) is 13.8 Å². The van der Waals surface area contributed by atoms with E-state index in [1.165, 1.54) is 13.8 Å². The minimum atomic E-state index is -6.01. The normalized spacial score (nSPS) is 35.0. The number of imide groups is 4. The van der Waals surface area contributed by atoms with Crippen molar-refractivity contribution in [2.45, 2.75) is 114 Å². The summed E-state index contributed by atoms with van der Waals surface area (Å²) < 4.78 is 95.1. The third kappa shape index (κ3) is 11.6. The number of nitrogens with one attached hydrogen (secondary N) is 1. The van der Waals surface area contributed by atoms with Crippen molar-refractivity contribution in [3.8, 4) is 0 Å². The van der Waals surface area contributed by atoms with Gasteiger partial charge < -0.3 is 9.84 Å². The quantitative estimate of drug-likeness (QED) is 0.112. The van der Waals surface area contributed by atoms with Gasteiger partial charge in [-0.2, -0.15) is 35.1 Å². The number of fused-ring (bicyclic) bond motifs is 2. The Labute approximate surface area is 396 Å². The Balaban J connectivity index is 0.000000244. The lowest BCUT2D eigenvalue weighted by molar-refractivity contribution is -0.173. The number of cyclic esters (lactones) is 2. The number of alkyl halides is 3. The fourth-order valence-corrected chi connectivity index (χ4v) is 10.5. The van der Waals surface area contributed by atoms with Crippen LogP contribution >= 0.6 is 0 Å². The highest BCUT2D eigenvalue weighted by Crippen LogP contribution is 2.66. The standard InChI is InChI=1S/C16H25NO6S.C7H8F3NO5S.C6H9NO3.C6H9NO2.C6H8O3/c1-9-10(2)14(20)17(13(9)19)23-24(21,22)8-16-6-5-11(7-12(16)18)15(16,3)4;1-3-4(2)6(13)11(5(3)12)16-17(14,15)7(8,9)10;1-3-4(2)6(9)7(10)5(3)8;1-3-4(2)6(9)7-5(3)8;1-3-4(2)6(8)9-5(3)7/h9-12,18H,5-8H2,1-4H3;3-4H,1-2H3;3-4,10H,1-2H3;3-4H,1-2H3,(H,7,8,9);3-4H,1-2H3. The number of ether oxygens (including phenoxy) is 1. The number of amides is 8. The number of esters is 2. The summed E-state index contributed by atoms with van der Waals surface area (Å²) >= 11 is 0. The maximum Gasteiger partial charge on any atom is 0.525 e. The molecule has 28 heteroatoms. The molecule has 7 rings (SSSR count). The van der Waals surface area contributed by atoms with Gasteiger partial charge in [0.25, 0.3) is 45.6 Å². The van der Waals surface area contributed by atoms with E-state index in [4.69, 9.17) is 9.49 Å². The van der Waals surface area contributed by atoms with Crippen LogP contribution in [0.2, 0.25) is 0 Å². The van der Waals surface area contributed by atoms with Crippen LogP contribution < -0.4 is 5.32 Å². The third-order valence-corrected chi connectivity index (χ3v) is 16.9. The number of halogens is 3. The Morgan fingerprint density at radius 1 is 0.609 bits per heavy atom. The van der Waals surface area contributed by atoms with Crippen molar-refractivity contribution in [3.05, 3.63) is 0 Å². The van der Waals surface area contributed by atoms with E-state index in [9.17, 15) is 83.1 Å². The first-order valence-electron chi connectivity index (χ1n) is 21.8. The molecule has 2 aliphatic carbocycles. The predicted molar refractivity (Wildman–Crippen MR) is 224 cm³/mol. The molecule has 5 aliphatic heterocycles. The Morgan fingerprint density at radius 2 is 0.957 bits per heavy atom. The second-order valence-electron chi connectivity index (χ2n) is 19.0. The Morgan fingerprint density at radius 3 is 1.19 bits per heavy atom.